The molecule has 0 unspecified atom stereocenters. The fourth-order valence-electron chi connectivity index (χ4n) is 4.60. The van der Waals surface area contributed by atoms with E-state index in [1.807, 2.05) is 61.5 Å². The number of aliphatic carboxylic acids is 1. The van der Waals surface area contributed by atoms with Gasteiger partial charge in [-0.1, -0.05) is 79.4 Å². The lowest BCUT2D eigenvalue weighted by molar-refractivity contribution is -0.165. The van der Waals surface area contributed by atoms with E-state index in [9.17, 15) is 19.5 Å². The number of hydrogen-bond donors (Lipinski definition) is 2. The zero-order valence-electron chi connectivity index (χ0n) is 19.9. The quantitative estimate of drug-likeness (QED) is 0.432. The van der Waals surface area contributed by atoms with Crippen molar-refractivity contribution in [3.05, 3.63) is 71.3 Å². The summed E-state index contributed by atoms with van der Waals surface area (Å²) in [7, 11) is 0. The lowest BCUT2D eigenvalue weighted by Crippen LogP contribution is -2.45. The normalized spacial score (nSPS) is 15.9. The number of hydrogen-bond acceptors (Lipinski definition) is 4. The van der Waals surface area contributed by atoms with Crippen molar-refractivity contribution >= 4 is 17.7 Å². The largest absolute Gasteiger partial charge is 0.479 e. The third-order valence-corrected chi connectivity index (χ3v) is 6.82. The Bertz CT molecular complexity index is 949. The van der Waals surface area contributed by atoms with Gasteiger partial charge in [-0.2, -0.15) is 0 Å². The summed E-state index contributed by atoms with van der Waals surface area (Å²) in [5, 5.41) is 9.58. The highest BCUT2D eigenvalue weighted by Gasteiger charge is 2.40. The van der Waals surface area contributed by atoms with Crippen LogP contribution >= 0.6 is 0 Å². The second-order valence-corrected chi connectivity index (χ2v) is 9.43. The zero-order chi connectivity index (χ0) is 24.4. The molecule has 0 aliphatic heterocycles. The van der Waals surface area contributed by atoms with Crippen molar-refractivity contribution in [1.82, 2.24) is 5.48 Å². The second kappa shape index (κ2) is 12.5. The minimum Gasteiger partial charge on any atom is -0.479 e. The maximum atomic E-state index is 13.2. The van der Waals surface area contributed by atoms with Crippen LogP contribution in [0.5, 0.6) is 0 Å². The predicted octanol–water partition coefficient (Wildman–Crippen LogP) is 4.97. The summed E-state index contributed by atoms with van der Waals surface area (Å²) in [6.45, 7) is 1.96. The third kappa shape index (κ3) is 7.52. The van der Waals surface area contributed by atoms with E-state index >= 15 is 0 Å². The molecule has 0 aromatic heterocycles. The summed E-state index contributed by atoms with van der Waals surface area (Å²) >= 11 is 0. The Balaban J connectivity index is 1.56. The first-order valence-corrected chi connectivity index (χ1v) is 12.2. The van der Waals surface area contributed by atoms with Crippen LogP contribution in [0.1, 0.15) is 68.1 Å². The number of nitrogens with one attached hydrogen (secondary N) is 1. The van der Waals surface area contributed by atoms with Crippen molar-refractivity contribution in [2.24, 2.45) is 5.41 Å². The molecule has 2 aromatic carbocycles. The SMILES string of the molecule is Cc1ccc(C[C@H](ONC(=O)C2(CCC(=O)CCc3ccccc3)CCCCC2)C(=O)O)cc1. The fourth-order valence-corrected chi connectivity index (χ4v) is 4.60. The predicted molar refractivity (Wildman–Crippen MR) is 130 cm³/mol. The Hall–Kier alpha value is -2.99. The van der Waals surface area contributed by atoms with E-state index in [1.54, 1.807) is 0 Å². The topological polar surface area (TPSA) is 92.7 Å². The van der Waals surface area contributed by atoms with E-state index in [4.69, 9.17) is 4.84 Å². The van der Waals surface area contributed by atoms with Crippen molar-refractivity contribution in [3.8, 4) is 0 Å². The van der Waals surface area contributed by atoms with E-state index in [0.717, 1.165) is 36.0 Å². The van der Waals surface area contributed by atoms with E-state index in [2.05, 4.69) is 5.48 Å². The number of carboxylic acids is 1. The van der Waals surface area contributed by atoms with Gasteiger partial charge in [0.1, 0.15) is 5.78 Å². The molecule has 0 radical (unpaired) electrons. The van der Waals surface area contributed by atoms with Crippen molar-refractivity contribution in [1.29, 1.82) is 0 Å². The molecule has 6 heteroatoms. The number of carbonyl (C=O) groups is 3. The summed E-state index contributed by atoms with van der Waals surface area (Å²) in [5.41, 5.74) is 4.81. The molecule has 0 spiro atoms. The molecule has 3 rings (SSSR count). The van der Waals surface area contributed by atoms with E-state index in [1.165, 1.54) is 0 Å². The number of amides is 1. The average molecular weight is 466 g/mol. The Kier molecular flexibility index (Phi) is 9.40. The van der Waals surface area contributed by atoms with Gasteiger partial charge in [0, 0.05) is 19.3 Å². The second-order valence-electron chi connectivity index (χ2n) is 9.43. The van der Waals surface area contributed by atoms with Gasteiger partial charge in [-0.15, -0.1) is 0 Å². The Morgan fingerprint density at radius 2 is 1.62 bits per heavy atom. The average Bonchev–Trinajstić information content (AvgIpc) is 2.86. The molecule has 1 atom stereocenters. The smallest absolute Gasteiger partial charge is 0.335 e. The molecule has 2 N–H and O–H groups in total. The van der Waals surface area contributed by atoms with Gasteiger partial charge in [-0.3, -0.25) is 14.4 Å². The fraction of sp³-hybridized carbons (Fsp3) is 0.464. The number of aryl methyl sites for hydroxylation is 2. The molecule has 2 aromatic rings. The summed E-state index contributed by atoms with van der Waals surface area (Å²) in [5.74, 6) is -1.29. The molecule has 1 saturated carbocycles. The monoisotopic (exact) mass is 465 g/mol. The number of carboxylic acid groups (broad SMARTS) is 1. The molecule has 6 nitrogen and oxygen atoms in total. The number of rotatable bonds is 12. The van der Waals surface area contributed by atoms with Crippen molar-refractivity contribution in [2.75, 3.05) is 0 Å². The molecule has 0 heterocycles. The van der Waals surface area contributed by atoms with Crippen molar-refractivity contribution in [3.63, 3.8) is 0 Å². The minimum absolute atomic E-state index is 0.144. The van der Waals surface area contributed by atoms with Crippen LogP contribution in [0.4, 0.5) is 0 Å². The molecule has 1 amide bonds. The van der Waals surface area contributed by atoms with Gasteiger partial charge in [-0.25, -0.2) is 10.3 Å². The van der Waals surface area contributed by atoms with Gasteiger partial charge in [0.15, 0.2) is 6.10 Å². The molecule has 1 aliphatic rings. The standard InChI is InChI=1S/C28H35NO5/c1-21-10-12-23(13-11-21)20-25(26(31)32)34-29-27(33)28(17-6-3-7-18-28)19-16-24(30)15-14-22-8-4-2-5-9-22/h2,4-5,8-13,25H,3,6-7,14-20H2,1H3,(H,29,33)(H,31,32)/t25-/m0/s1. The first-order chi connectivity index (χ1) is 16.4. The molecule has 182 valence electrons. The molecule has 0 saturated heterocycles. The van der Waals surface area contributed by atoms with Gasteiger partial charge in [0.2, 0.25) is 5.91 Å². The van der Waals surface area contributed by atoms with Crippen LogP contribution < -0.4 is 5.48 Å². The van der Waals surface area contributed by atoms with Crippen LogP contribution in [0.3, 0.4) is 0 Å². The molecule has 34 heavy (non-hydrogen) atoms. The number of benzene rings is 2. The van der Waals surface area contributed by atoms with E-state index in [-0.39, 0.29) is 18.1 Å². The van der Waals surface area contributed by atoms with Crippen LogP contribution in [0.15, 0.2) is 54.6 Å². The van der Waals surface area contributed by atoms with Gasteiger partial charge in [0.05, 0.1) is 5.41 Å². The third-order valence-electron chi connectivity index (χ3n) is 6.82. The van der Waals surface area contributed by atoms with Crippen LogP contribution in [0, 0.1) is 12.3 Å². The lowest BCUT2D eigenvalue weighted by Gasteiger charge is -2.35. The zero-order valence-corrected chi connectivity index (χ0v) is 19.9. The maximum absolute atomic E-state index is 13.2. The van der Waals surface area contributed by atoms with Gasteiger partial charge < -0.3 is 5.11 Å². The van der Waals surface area contributed by atoms with E-state index in [0.29, 0.717) is 38.5 Å². The molecule has 0 bridgehead atoms. The van der Waals surface area contributed by atoms with Crippen molar-refractivity contribution < 1.29 is 24.3 Å². The van der Waals surface area contributed by atoms with Gasteiger partial charge >= 0.3 is 5.97 Å². The van der Waals surface area contributed by atoms with Gasteiger partial charge in [0.25, 0.3) is 0 Å². The molecular formula is C28H35NO5. The summed E-state index contributed by atoms with van der Waals surface area (Å²) in [6.07, 6.45) is 5.18. The number of hydroxylamine groups is 1. The first kappa shape index (κ1) is 25.6. The highest BCUT2D eigenvalue weighted by molar-refractivity contribution is 5.84. The summed E-state index contributed by atoms with van der Waals surface area (Å²) in [6, 6.07) is 17.5. The van der Waals surface area contributed by atoms with E-state index < -0.39 is 17.5 Å². The minimum atomic E-state index is -1.18. The highest BCUT2D eigenvalue weighted by atomic mass is 16.7. The van der Waals surface area contributed by atoms with Crippen LogP contribution in [0.25, 0.3) is 0 Å². The highest BCUT2D eigenvalue weighted by Crippen LogP contribution is 2.40. The Morgan fingerprint density at radius 1 is 0.941 bits per heavy atom. The molecule has 1 fully saturated rings. The summed E-state index contributed by atoms with van der Waals surface area (Å²) in [4.78, 5) is 42.9. The lowest BCUT2D eigenvalue weighted by atomic mass is 9.70. The maximum Gasteiger partial charge on any atom is 0.335 e. The number of ketones is 1. The van der Waals surface area contributed by atoms with Crippen molar-refractivity contribution in [2.45, 2.75) is 77.2 Å². The van der Waals surface area contributed by atoms with Crippen LogP contribution in [-0.2, 0) is 32.1 Å². The van der Waals surface area contributed by atoms with Crippen LogP contribution in [0.2, 0.25) is 0 Å². The van der Waals surface area contributed by atoms with Crippen LogP contribution in [-0.4, -0.2) is 28.9 Å². The molecular weight excluding hydrogens is 430 g/mol. The number of Topliss-reactive ketones (excluding diaryl/α,β-unsaturated/α-hetero) is 1. The Labute approximate surface area is 201 Å². The summed E-state index contributed by atoms with van der Waals surface area (Å²) < 4.78 is 0. The number of carbonyl (C=O) groups excluding carboxylic acids is 2. The van der Waals surface area contributed by atoms with Gasteiger partial charge in [-0.05, 0) is 43.7 Å². The Morgan fingerprint density at radius 3 is 2.26 bits per heavy atom. The first-order valence-electron chi connectivity index (χ1n) is 12.2. The molecule has 1 aliphatic carbocycles.